The predicted molar refractivity (Wildman–Crippen MR) is 123 cm³/mol. The van der Waals surface area contributed by atoms with Gasteiger partial charge in [0, 0.05) is 24.5 Å². The molecule has 1 aromatic heterocycles. The molecule has 162 valence electrons. The normalized spacial score (nSPS) is 18.8. The van der Waals surface area contributed by atoms with Crippen LogP contribution in [0.5, 0.6) is 5.75 Å². The quantitative estimate of drug-likeness (QED) is 0.598. The molecule has 5 nitrogen and oxygen atoms in total. The summed E-state index contributed by atoms with van der Waals surface area (Å²) in [6.07, 6.45) is 0.0708. The van der Waals surface area contributed by atoms with E-state index in [9.17, 15) is 4.79 Å². The Labute approximate surface area is 184 Å². The zero-order chi connectivity index (χ0) is 22.1. The first kappa shape index (κ1) is 21.2. The van der Waals surface area contributed by atoms with Crippen molar-refractivity contribution in [3.8, 4) is 22.7 Å². The lowest BCUT2D eigenvalue weighted by Crippen LogP contribution is -2.48. The Bertz CT molecular complexity index is 1060. The zero-order valence-electron chi connectivity index (χ0n) is 18.9. The second kappa shape index (κ2) is 8.60. The van der Waals surface area contributed by atoms with Gasteiger partial charge in [-0.15, -0.1) is 0 Å². The maximum Gasteiger partial charge on any atom is 0.255 e. The summed E-state index contributed by atoms with van der Waals surface area (Å²) in [6, 6.07) is 18.4. The molecule has 2 atom stereocenters. The number of nitrogens with zero attached hydrogens (tertiary/aromatic N) is 2. The van der Waals surface area contributed by atoms with Gasteiger partial charge < -0.3 is 18.9 Å². The van der Waals surface area contributed by atoms with Crippen LogP contribution >= 0.6 is 0 Å². The van der Waals surface area contributed by atoms with E-state index in [0.717, 1.165) is 34.0 Å². The molecular formula is C26H30N2O3. The summed E-state index contributed by atoms with van der Waals surface area (Å²) in [7, 11) is 1.66. The number of morpholine rings is 1. The molecule has 3 aromatic rings. The molecule has 0 unspecified atom stereocenters. The molecule has 1 amide bonds. The van der Waals surface area contributed by atoms with E-state index in [1.807, 2.05) is 56.0 Å². The predicted octanol–water partition coefficient (Wildman–Crippen LogP) is 5.02. The van der Waals surface area contributed by atoms with Crippen LogP contribution in [0.25, 0.3) is 16.9 Å². The number of amides is 1. The van der Waals surface area contributed by atoms with E-state index in [4.69, 9.17) is 9.47 Å². The molecule has 0 N–H and O–H groups in total. The maximum atomic E-state index is 13.5. The van der Waals surface area contributed by atoms with E-state index >= 15 is 0 Å². The fourth-order valence-corrected chi connectivity index (χ4v) is 4.34. The molecule has 5 heteroatoms. The van der Waals surface area contributed by atoms with E-state index in [-0.39, 0.29) is 18.1 Å². The Hall–Kier alpha value is -3.05. The summed E-state index contributed by atoms with van der Waals surface area (Å²) in [6.45, 7) is 9.35. The number of ether oxygens (including phenoxy) is 2. The van der Waals surface area contributed by atoms with Crippen LogP contribution in [0.3, 0.4) is 0 Å². The first-order valence-electron chi connectivity index (χ1n) is 10.8. The van der Waals surface area contributed by atoms with E-state index in [2.05, 4.69) is 35.8 Å². The second-order valence-corrected chi connectivity index (χ2v) is 8.40. The summed E-state index contributed by atoms with van der Waals surface area (Å²) in [5, 5.41) is 0. The van der Waals surface area contributed by atoms with E-state index in [0.29, 0.717) is 13.1 Å². The number of carbonyl (C=O) groups excluding carboxylic acids is 1. The largest absolute Gasteiger partial charge is 0.497 e. The topological polar surface area (TPSA) is 43.7 Å². The Morgan fingerprint density at radius 1 is 0.968 bits per heavy atom. The van der Waals surface area contributed by atoms with Crippen LogP contribution in [0.4, 0.5) is 0 Å². The van der Waals surface area contributed by atoms with Crippen molar-refractivity contribution in [2.24, 2.45) is 0 Å². The third kappa shape index (κ3) is 4.23. The molecule has 1 fully saturated rings. The SMILES string of the molecule is COc1ccc(-c2cc(C(=O)N3C[C@@H](C)O[C@H](C)C3)c(C)n2-c2ccc(C)cc2)cc1. The molecule has 4 rings (SSSR count). The van der Waals surface area contributed by atoms with Crippen molar-refractivity contribution in [3.63, 3.8) is 0 Å². The van der Waals surface area contributed by atoms with Crippen LogP contribution in [0.15, 0.2) is 54.6 Å². The molecule has 0 radical (unpaired) electrons. The van der Waals surface area contributed by atoms with Crippen LogP contribution in [-0.2, 0) is 4.74 Å². The standard InChI is InChI=1S/C26H30N2O3/c1-17-6-10-22(11-7-17)28-20(4)24(26(29)27-15-18(2)31-19(3)16-27)14-25(28)21-8-12-23(30-5)13-9-21/h6-14,18-19H,15-16H2,1-5H3/t18-,19-/m1/s1. The monoisotopic (exact) mass is 418 g/mol. The molecule has 2 heterocycles. The highest BCUT2D eigenvalue weighted by Gasteiger charge is 2.29. The van der Waals surface area contributed by atoms with Crippen LogP contribution in [-0.4, -0.2) is 47.8 Å². The van der Waals surface area contributed by atoms with Crippen LogP contribution in [0.1, 0.15) is 35.5 Å². The molecular weight excluding hydrogens is 388 g/mol. The average molecular weight is 419 g/mol. The first-order valence-corrected chi connectivity index (χ1v) is 10.8. The number of methoxy groups -OCH3 is 1. The van der Waals surface area contributed by atoms with Gasteiger partial charge >= 0.3 is 0 Å². The van der Waals surface area contributed by atoms with Crippen molar-refractivity contribution in [1.29, 1.82) is 0 Å². The minimum absolute atomic E-state index is 0.0354. The van der Waals surface area contributed by atoms with Gasteiger partial charge in [-0.05, 0) is 75.7 Å². The number of hydrogen-bond donors (Lipinski definition) is 0. The molecule has 0 bridgehead atoms. The first-order chi connectivity index (χ1) is 14.9. The highest BCUT2D eigenvalue weighted by Crippen LogP contribution is 2.32. The van der Waals surface area contributed by atoms with Gasteiger partial charge in [0.25, 0.3) is 5.91 Å². The average Bonchev–Trinajstić information content (AvgIpc) is 3.10. The van der Waals surface area contributed by atoms with E-state index in [1.54, 1.807) is 7.11 Å². The number of aryl methyl sites for hydroxylation is 1. The van der Waals surface area contributed by atoms with Gasteiger partial charge in [-0.1, -0.05) is 17.7 Å². The van der Waals surface area contributed by atoms with Gasteiger partial charge in [-0.2, -0.15) is 0 Å². The lowest BCUT2D eigenvalue weighted by atomic mass is 10.1. The van der Waals surface area contributed by atoms with Gasteiger partial charge in [0.1, 0.15) is 5.75 Å². The number of benzene rings is 2. The van der Waals surface area contributed by atoms with Crippen molar-refractivity contribution in [2.75, 3.05) is 20.2 Å². The summed E-state index contributed by atoms with van der Waals surface area (Å²) in [4.78, 5) is 15.4. The summed E-state index contributed by atoms with van der Waals surface area (Å²) >= 11 is 0. The lowest BCUT2D eigenvalue weighted by Gasteiger charge is -2.35. The molecule has 1 aliphatic heterocycles. The minimum atomic E-state index is 0.0354. The minimum Gasteiger partial charge on any atom is -0.497 e. The van der Waals surface area contributed by atoms with Crippen molar-refractivity contribution in [2.45, 2.75) is 39.9 Å². The Balaban J connectivity index is 1.81. The van der Waals surface area contributed by atoms with E-state index in [1.165, 1.54) is 5.56 Å². The highest BCUT2D eigenvalue weighted by molar-refractivity contribution is 5.97. The van der Waals surface area contributed by atoms with Crippen LogP contribution in [0, 0.1) is 13.8 Å². The van der Waals surface area contributed by atoms with Crippen LogP contribution in [0.2, 0.25) is 0 Å². The molecule has 0 aliphatic carbocycles. The maximum absolute atomic E-state index is 13.5. The number of aromatic nitrogens is 1. The molecule has 2 aromatic carbocycles. The van der Waals surface area contributed by atoms with Gasteiger partial charge in [0.05, 0.1) is 30.6 Å². The molecule has 1 aliphatic rings. The summed E-state index contributed by atoms with van der Waals surface area (Å²) in [5.74, 6) is 0.863. The fraction of sp³-hybridized carbons (Fsp3) is 0.346. The fourth-order valence-electron chi connectivity index (χ4n) is 4.34. The third-order valence-electron chi connectivity index (χ3n) is 5.86. The van der Waals surface area contributed by atoms with Crippen molar-refractivity contribution in [1.82, 2.24) is 9.47 Å². The van der Waals surface area contributed by atoms with Gasteiger partial charge in [0.15, 0.2) is 0 Å². The summed E-state index contributed by atoms with van der Waals surface area (Å²) in [5.41, 5.74) is 5.93. The van der Waals surface area contributed by atoms with Crippen molar-refractivity contribution in [3.05, 3.63) is 71.4 Å². The molecule has 1 saturated heterocycles. The zero-order valence-corrected chi connectivity index (χ0v) is 18.9. The van der Waals surface area contributed by atoms with Crippen LogP contribution < -0.4 is 4.74 Å². The highest BCUT2D eigenvalue weighted by atomic mass is 16.5. The number of rotatable bonds is 4. The van der Waals surface area contributed by atoms with Gasteiger partial charge in [-0.3, -0.25) is 4.79 Å². The lowest BCUT2D eigenvalue weighted by molar-refractivity contribution is -0.0586. The molecule has 0 spiro atoms. The van der Waals surface area contributed by atoms with Gasteiger partial charge in [0.2, 0.25) is 0 Å². The molecule has 0 saturated carbocycles. The number of hydrogen-bond acceptors (Lipinski definition) is 3. The van der Waals surface area contributed by atoms with E-state index < -0.39 is 0 Å². The summed E-state index contributed by atoms with van der Waals surface area (Å²) < 4.78 is 13.3. The van der Waals surface area contributed by atoms with Crippen molar-refractivity contribution >= 4 is 5.91 Å². The molecule has 31 heavy (non-hydrogen) atoms. The second-order valence-electron chi connectivity index (χ2n) is 8.40. The third-order valence-corrected chi connectivity index (χ3v) is 5.86. The Kier molecular flexibility index (Phi) is 5.88. The smallest absolute Gasteiger partial charge is 0.255 e. The number of carbonyl (C=O) groups is 1. The Morgan fingerprint density at radius 3 is 2.16 bits per heavy atom. The van der Waals surface area contributed by atoms with Crippen molar-refractivity contribution < 1.29 is 14.3 Å². The Morgan fingerprint density at radius 2 is 1.58 bits per heavy atom. The van der Waals surface area contributed by atoms with Gasteiger partial charge in [-0.25, -0.2) is 0 Å².